The van der Waals surface area contributed by atoms with E-state index in [0.717, 1.165) is 26.9 Å². The van der Waals surface area contributed by atoms with Crippen molar-refractivity contribution < 1.29 is 17.9 Å². The summed E-state index contributed by atoms with van der Waals surface area (Å²) in [6, 6.07) is 21.7. The van der Waals surface area contributed by atoms with Gasteiger partial charge in [-0.2, -0.15) is 5.10 Å². The van der Waals surface area contributed by atoms with Gasteiger partial charge in [-0.1, -0.05) is 53.5 Å². The summed E-state index contributed by atoms with van der Waals surface area (Å²) in [6.07, 6.45) is 1.51. The molecule has 0 bridgehead atoms. The van der Waals surface area contributed by atoms with Gasteiger partial charge in [0, 0.05) is 22.6 Å². The molecule has 0 atom stereocenters. The van der Waals surface area contributed by atoms with Gasteiger partial charge in [-0.3, -0.25) is 9.10 Å². The van der Waals surface area contributed by atoms with Gasteiger partial charge in [0.15, 0.2) is 0 Å². The summed E-state index contributed by atoms with van der Waals surface area (Å²) in [4.78, 5) is 13.0. The van der Waals surface area contributed by atoms with E-state index in [9.17, 15) is 13.2 Å². The predicted molar refractivity (Wildman–Crippen MR) is 155 cm³/mol. The molecule has 0 unspecified atom stereocenters. The monoisotopic (exact) mass is 584 g/mol. The minimum Gasteiger partial charge on any atom is -0.495 e. The Morgan fingerprint density at radius 2 is 1.69 bits per heavy atom. The number of nitrogens with one attached hydrogen (secondary N) is 1. The Labute approximate surface area is 237 Å². The Kier molecular flexibility index (Phi) is 8.64. The third-order valence-corrected chi connectivity index (χ3v) is 8.51. The molecule has 0 aliphatic carbocycles. The number of benzene rings is 3. The first-order valence-corrected chi connectivity index (χ1v) is 14.0. The molecule has 4 rings (SSSR count). The number of aryl methyl sites for hydroxylation is 1. The number of carbonyl (C=O) groups excluding carboxylic acids is 1. The SMILES string of the molecule is COc1ccccc1N(CC(=O)N/N=C\c1cc(C)n(-c2ccc(Cl)c(Cl)c2)c1C)S(=O)(=O)c1ccccc1. The number of methoxy groups -OCH3 is 1. The first-order chi connectivity index (χ1) is 18.6. The number of carbonyl (C=O) groups is 1. The Balaban J connectivity index is 1.57. The van der Waals surface area contributed by atoms with Crippen LogP contribution in [0.4, 0.5) is 5.69 Å². The zero-order valence-electron chi connectivity index (χ0n) is 21.4. The highest BCUT2D eigenvalue weighted by Crippen LogP contribution is 2.32. The van der Waals surface area contributed by atoms with Gasteiger partial charge in [0.1, 0.15) is 12.3 Å². The van der Waals surface area contributed by atoms with Crippen LogP contribution in [-0.2, 0) is 14.8 Å². The number of hydrogen-bond donors (Lipinski definition) is 1. The van der Waals surface area contributed by atoms with E-state index in [1.54, 1.807) is 54.6 Å². The number of para-hydroxylation sites is 2. The highest BCUT2D eigenvalue weighted by molar-refractivity contribution is 7.92. The molecule has 8 nitrogen and oxygen atoms in total. The number of aromatic nitrogens is 1. The Morgan fingerprint density at radius 1 is 1.00 bits per heavy atom. The maximum absolute atomic E-state index is 13.5. The van der Waals surface area contributed by atoms with Crippen molar-refractivity contribution >= 4 is 51.0 Å². The molecule has 4 aromatic rings. The van der Waals surface area contributed by atoms with E-state index in [4.69, 9.17) is 27.9 Å². The van der Waals surface area contributed by atoms with Gasteiger partial charge in [0.2, 0.25) is 0 Å². The van der Waals surface area contributed by atoms with Gasteiger partial charge in [-0.05, 0) is 62.4 Å². The van der Waals surface area contributed by atoms with Crippen LogP contribution in [0.25, 0.3) is 5.69 Å². The van der Waals surface area contributed by atoms with Gasteiger partial charge in [0.05, 0.1) is 34.0 Å². The van der Waals surface area contributed by atoms with Crippen LogP contribution in [0.2, 0.25) is 10.0 Å². The summed E-state index contributed by atoms with van der Waals surface area (Å²) in [6.45, 7) is 3.33. The van der Waals surface area contributed by atoms with Crippen molar-refractivity contribution in [3.8, 4) is 11.4 Å². The number of hydrogen-bond acceptors (Lipinski definition) is 5. The second kappa shape index (κ2) is 11.9. The number of anilines is 1. The number of amides is 1. The maximum Gasteiger partial charge on any atom is 0.264 e. The van der Waals surface area contributed by atoms with Crippen molar-refractivity contribution in [2.24, 2.45) is 5.10 Å². The molecule has 3 aromatic carbocycles. The van der Waals surface area contributed by atoms with Crippen LogP contribution in [0.1, 0.15) is 17.0 Å². The normalized spacial score (nSPS) is 11.5. The average molecular weight is 586 g/mol. The lowest BCUT2D eigenvalue weighted by atomic mass is 10.2. The van der Waals surface area contributed by atoms with Gasteiger partial charge in [0.25, 0.3) is 15.9 Å². The van der Waals surface area contributed by atoms with E-state index in [1.165, 1.54) is 25.5 Å². The van der Waals surface area contributed by atoms with Crippen LogP contribution in [0.5, 0.6) is 5.75 Å². The van der Waals surface area contributed by atoms with Crippen molar-refractivity contribution in [2.75, 3.05) is 18.0 Å². The lowest BCUT2D eigenvalue weighted by Crippen LogP contribution is -2.39. The van der Waals surface area contributed by atoms with Crippen molar-refractivity contribution in [3.63, 3.8) is 0 Å². The molecule has 0 aliphatic heterocycles. The topological polar surface area (TPSA) is 93.0 Å². The molecule has 202 valence electrons. The lowest BCUT2D eigenvalue weighted by Gasteiger charge is -2.25. The number of nitrogens with zero attached hydrogens (tertiary/aromatic N) is 3. The Bertz CT molecular complexity index is 1640. The second-order valence-electron chi connectivity index (χ2n) is 8.55. The number of sulfonamides is 1. The molecule has 0 saturated heterocycles. The molecule has 0 fully saturated rings. The van der Waals surface area contributed by atoms with Crippen molar-refractivity contribution in [2.45, 2.75) is 18.7 Å². The molecule has 39 heavy (non-hydrogen) atoms. The first-order valence-electron chi connectivity index (χ1n) is 11.8. The van der Waals surface area contributed by atoms with Crippen LogP contribution < -0.4 is 14.5 Å². The largest absolute Gasteiger partial charge is 0.495 e. The van der Waals surface area contributed by atoms with Crippen molar-refractivity contribution in [3.05, 3.63) is 106 Å². The van der Waals surface area contributed by atoms with E-state index in [0.29, 0.717) is 15.8 Å². The van der Waals surface area contributed by atoms with Gasteiger partial charge < -0.3 is 9.30 Å². The summed E-state index contributed by atoms with van der Waals surface area (Å²) in [5.74, 6) is -0.321. The van der Waals surface area contributed by atoms with E-state index < -0.39 is 22.5 Å². The number of hydrazone groups is 1. The van der Waals surface area contributed by atoms with Gasteiger partial charge in [-0.25, -0.2) is 13.8 Å². The molecular formula is C28H26Cl2N4O4S. The summed E-state index contributed by atoms with van der Waals surface area (Å²) < 4.78 is 35.4. The van der Waals surface area contributed by atoms with Gasteiger partial charge in [-0.15, -0.1) is 0 Å². The van der Waals surface area contributed by atoms with Crippen LogP contribution in [0.3, 0.4) is 0 Å². The van der Waals surface area contributed by atoms with Gasteiger partial charge >= 0.3 is 0 Å². The average Bonchev–Trinajstić information content (AvgIpc) is 3.21. The van der Waals surface area contributed by atoms with E-state index in [2.05, 4.69) is 10.5 Å². The standard InChI is InChI=1S/C28H26Cl2N4O4S/c1-19-15-21(20(2)34(19)22-13-14-24(29)25(30)16-22)17-31-32-28(35)18-33(26-11-7-8-12-27(26)38-3)39(36,37)23-9-5-4-6-10-23/h4-17H,18H2,1-3H3,(H,32,35)/b31-17-. The minimum atomic E-state index is -4.09. The van der Waals surface area contributed by atoms with Crippen molar-refractivity contribution in [1.82, 2.24) is 9.99 Å². The van der Waals surface area contributed by atoms with Crippen LogP contribution in [0, 0.1) is 13.8 Å². The summed E-state index contributed by atoms with van der Waals surface area (Å²) in [5, 5.41) is 4.99. The molecular weight excluding hydrogens is 559 g/mol. The maximum atomic E-state index is 13.5. The third kappa shape index (κ3) is 6.11. The summed E-state index contributed by atoms with van der Waals surface area (Å²) >= 11 is 12.3. The van der Waals surface area contributed by atoms with E-state index in [1.807, 2.05) is 30.5 Å². The predicted octanol–water partition coefficient (Wildman–Crippen LogP) is 5.76. The number of ether oxygens (including phenoxy) is 1. The van der Waals surface area contributed by atoms with Crippen molar-refractivity contribution in [1.29, 1.82) is 0 Å². The third-order valence-electron chi connectivity index (χ3n) is 6.00. The number of halogens is 2. The fourth-order valence-electron chi connectivity index (χ4n) is 4.13. The number of rotatable bonds is 9. The minimum absolute atomic E-state index is 0.0435. The summed E-state index contributed by atoms with van der Waals surface area (Å²) in [5.41, 5.74) is 6.06. The van der Waals surface area contributed by atoms with Crippen LogP contribution in [-0.4, -0.2) is 38.8 Å². The molecule has 1 heterocycles. The highest BCUT2D eigenvalue weighted by Gasteiger charge is 2.29. The van der Waals surface area contributed by atoms with E-state index >= 15 is 0 Å². The van der Waals surface area contributed by atoms with Crippen LogP contribution >= 0.6 is 23.2 Å². The second-order valence-corrected chi connectivity index (χ2v) is 11.2. The molecule has 0 radical (unpaired) electrons. The fraction of sp³-hybridized carbons (Fsp3) is 0.143. The van der Waals surface area contributed by atoms with Crippen LogP contribution in [0.15, 0.2) is 88.9 Å². The zero-order chi connectivity index (χ0) is 28.2. The first kappa shape index (κ1) is 28.2. The molecule has 1 N–H and O–H groups in total. The smallest absolute Gasteiger partial charge is 0.264 e. The molecule has 0 spiro atoms. The molecule has 0 aliphatic rings. The lowest BCUT2D eigenvalue weighted by molar-refractivity contribution is -0.119. The fourth-order valence-corrected chi connectivity index (χ4v) is 5.88. The quantitative estimate of drug-likeness (QED) is 0.200. The molecule has 0 saturated carbocycles. The Hall–Kier alpha value is -3.79. The molecule has 1 amide bonds. The summed E-state index contributed by atoms with van der Waals surface area (Å²) in [7, 11) is -2.65. The molecule has 1 aromatic heterocycles. The zero-order valence-corrected chi connectivity index (χ0v) is 23.8. The highest BCUT2D eigenvalue weighted by atomic mass is 35.5. The molecule has 11 heteroatoms. The van der Waals surface area contributed by atoms with E-state index in [-0.39, 0.29) is 10.6 Å². The Morgan fingerprint density at radius 3 is 2.38 bits per heavy atom.